The first kappa shape index (κ1) is 17.0. The Labute approximate surface area is 188 Å². The molecule has 2 atom stereocenters. The smallest absolute Gasteiger partial charge is 0.228 e. The maximum absolute atomic E-state index is 12.3. The number of amides is 1. The van der Waals surface area contributed by atoms with Crippen molar-refractivity contribution in [3.63, 3.8) is 0 Å². The molecule has 1 aliphatic rings. The molecule has 1 aliphatic carbocycles. The van der Waals surface area contributed by atoms with Crippen LogP contribution in [0.2, 0.25) is 0 Å². The average molecular weight is 473 g/mol. The highest BCUT2D eigenvalue weighted by molar-refractivity contribution is 9.10. The molecule has 1 amide bonds. The van der Waals surface area contributed by atoms with E-state index in [1.807, 2.05) is 31.2 Å². The van der Waals surface area contributed by atoms with Gasteiger partial charge in [-0.2, -0.15) is 0 Å². The normalized spacial score (nSPS) is 19.5. The molecule has 0 radical (unpaired) electrons. The molecule has 0 aliphatic heterocycles. The quantitative estimate of drug-likeness (QED) is 0.548. The number of rotatable bonds is 7. The second-order valence-corrected chi connectivity index (χ2v) is 8.29. The largest absolute Gasteiger partial charge is 0.497 e. The van der Waals surface area contributed by atoms with Crippen molar-refractivity contribution in [3.8, 4) is 5.75 Å². The molecule has 1 aromatic carbocycles. The highest BCUT2D eigenvalue weighted by Gasteiger charge is 2.39. The fraction of sp³-hybridized carbons (Fsp3) is 0.364. The number of nitrogens with one attached hydrogen (secondary N) is 1. The lowest BCUT2D eigenvalue weighted by molar-refractivity contribution is -0.117. The molecule has 0 bridgehead atoms. The molecule has 1 N–H and O–H groups in total. The van der Waals surface area contributed by atoms with Crippen molar-refractivity contribution < 1.29 is 13.6 Å². The zero-order chi connectivity index (χ0) is 23.8. The number of hydrogen-bond donors (Lipinski definition) is 1. The number of methoxy groups -OCH3 is 1. The fourth-order valence-corrected chi connectivity index (χ4v) is 3.75. The van der Waals surface area contributed by atoms with Crippen LogP contribution >= 0.6 is 15.9 Å². The first-order valence-corrected chi connectivity index (χ1v) is 10.4. The second-order valence-electron chi connectivity index (χ2n) is 7.43. The van der Waals surface area contributed by atoms with Crippen molar-refractivity contribution in [1.82, 2.24) is 15.2 Å². The third-order valence-corrected chi connectivity index (χ3v) is 5.92. The number of aromatic nitrogens is 3. The Hall–Kier alpha value is -2.74. The van der Waals surface area contributed by atoms with Gasteiger partial charge in [0.15, 0.2) is 11.6 Å². The topological polar surface area (TPSA) is 80.2 Å². The lowest BCUT2D eigenvalue weighted by Gasteiger charge is -2.23. The van der Waals surface area contributed by atoms with Gasteiger partial charge in [-0.1, -0.05) is 19.1 Å². The summed E-state index contributed by atoms with van der Waals surface area (Å²) in [6.45, 7) is -0.0859. The molecule has 156 valence electrons. The van der Waals surface area contributed by atoms with Crippen LogP contribution in [0.4, 0.5) is 11.6 Å². The minimum absolute atomic E-state index is 0.0122. The maximum atomic E-state index is 12.3. The van der Waals surface area contributed by atoms with Gasteiger partial charge >= 0.3 is 0 Å². The SMILES string of the molecule is [2H]C([2H])([2H])CN(Cc1ccc(OC)cc1)c1ncc(Br)c2cc(NC(=O)[C@H]3C[C@H]3C)nnc12. The molecule has 8 heteroatoms. The summed E-state index contributed by atoms with van der Waals surface area (Å²) in [5, 5.41) is 12.0. The Bertz CT molecular complexity index is 1170. The number of anilines is 2. The van der Waals surface area contributed by atoms with Gasteiger partial charge in [-0.15, -0.1) is 10.2 Å². The van der Waals surface area contributed by atoms with E-state index in [1.165, 1.54) is 0 Å². The van der Waals surface area contributed by atoms with Crippen molar-refractivity contribution in [3.05, 3.63) is 46.6 Å². The predicted octanol–water partition coefficient (Wildman–Crippen LogP) is 4.42. The number of carbonyl (C=O) groups is 1. The third kappa shape index (κ3) is 4.23. The van der Waals surface area contributed by atoms with Gasteiger partial charge in [0, 0.05) is 39.2 Å². The van der Waals surface area contributed by atoms with Gasteiger partial charge < -0.3 is 15.0 Å². The standard InChI is InChI=1S/C22H24BrN5O2/c1-4-28(12-14-5-7-15(30-3)8-6-14)21-20-17(18(23)11-24-21)10-19(26-27-20)25-22(29)16-9-13(16)2/h5-8,10-11,13,16H,4,9,12H2,1-3H3,(H,25,26,29)/t13-,16+/m1/s1/i1D3. The van der Waals surface area contributed by atoms with Gasteiger partial charge in [0.25, 0.3) is 0 Å². The monoisotopic (exact) mass is 472 g/mol. The summed E-state index contributed by atoms with van der Waals surface area (Å²) >= 11 is 3.49. The van der Waals surface area contributed by atoms with Gasteiger partial charge in [0.2, 0.25) is 5.91 Å². The molecule has 0 unspecified atom stereocenters. The van der Waals surface area contributed by atoms with E-state index < -0.39 is 6.85 Å². The van der Waals surface area contributed by atoms with Crippen LogP contribution in [0.1, 0.15) is 29.9 Å². The lowest BCUT2D eigenvalue weighted by atomic mass is 10.2. The zero-order valence-electron chi connectivity index (χ0n) is 19.7. The Morgan fingerprint density at radius 3 is 2.80 bits per heavy atom. The van der Waals surface area contributed by atoms with E-state index in [2.05, 4.69) is 36.4 Å². The van der Waals surface area contributed by atoms with Crippen LogP contribution in [0.5, 0.6) is 5.75 Å². The molecule has 3 aromatic rings. The van der Waals surface area contributed by atoms with E-state index in [4.69, 9.17) is 8.85 Å². The van der Waals surface area contributed by atoms with Crippen LogP contribution in [0.25, 0.3) is 10.9 Å². The van der Waals surface area contributed by atoms with Crippen LogP contribution in [-0.2, 0) is 11.3 Å². The Kier molecular flexibility index (Phi) is 4.84. The average Bonchev–Trinajstić information content (AvgIpc) is 3.50. The Morgan fingerprint density at radius 1 is 1.37 bits per heavy atom. The van der Waals surface area contributed by atoms with Crippen LogP contribution in [-0.4, -0.2) is 34.7 Å². The summed E-state index contributed by atoms with van der Waals surface area (Å²) in [6.07, 6.45) is 2.48. The molecule has 30 heavy (non-hydrogen) atoms. The number of pyridine rings is 1. The molecule has 1 saturated carbocycles. The van der Waals surface area contributed by atoms with Gasteiger partial charge in [-0.05, 0) is 58.9 Å². The molecule has 2 aromatic heterocycles. The van der Waals surface area contributed by atoms with Crippen molar-refractivity contribution in [2.75, 3.05) is 23.9 Å². The van der Waals surface area contributed by atoms with Crippen molar-refractivity contribution in [1.29, 1.82) is 0 Å². The molecule has 1 fully saturated rings. The number of nitrogens with zero attached hydrogens (tertiary/aromatic N) is 4. The number of carbonyl (C=O) groups excluding carboxylic acids is 1. The Balaban J connectivity index is 1.68. The van der Waals surface area contributed by atoms with Crippen LogP contribution in [0, 0.1) is 11.8 Å². The van der Waals surface area contributed by atoms with Crippen molar-refractivity contribution in [2.45, 2.75) is 26.7 Å². The minimum atomic E-state index is -2.21. The van der Waals surface area contributed by atoms with E-state index >= 15 is 0 Å². The minimum Gasteiger partial charge on any atom is -0.497 e. The van der Waals surface area contributed by atoms with Crippen LogP contribution in [0.3, 0.4) is 0 Å². The van der Waals surface area contributed by atoms with Gasteiger partial charge in [0.1, 0.15) is 11.3 Å². The third-order valence-electron chi connectivity index (χ3n) is 5.28. The zero-order valence-corrected chi connectivity index (χ0v) is 18.3. The molecule has 2 heterocycles. The van der Waals surface area contributed by atoms with E-state index in [9.17, 15) is 4.79 Å². The molecule has 4 rings (SSSR count). The summed E-state index contributed by atoms with van der Waals surface area (Å²) in [6, 6.07) is 9.13. The summed E-state index contributed by atoms with van der Waals surface area (Å²) < 4.78 is 29.3. The van der Waals surface area contributed by atoms with Crippen molar-refractivity contribution in [2.24, 2.45) is 11.8 Å². The van der Waals surface area contributed by atoms with Gasteiger partial charge in [-0.3, -0.25) is 4.79 Å². The predicted molar refractivity (Wildman–Crippen MR) is 121 cm³/mol. The summed E-state index contributed by atoms with van der Waals surface area (Å²) in [4.78, 5) is 18.4. The highest BCUT2D eigenvalue weighted by atomic mass is 79.9. The number of hydrogen-bond acceptors (Lipinski definition) is 6. The molecule has 7 nitrogen and oxygen atoms in total. The highest BCUT2D eigenvalue weighted by Crippen LogP contribution is 2.38. The van der Waals surface area contributed by atoms with E-state index in [1.54, 1.807) is 24.3 Å². The van der Waals surface area contributed by atoms with E-state index in [0.29, 0.717) is 39.5 Å². The van der Waals surface area contributed by atoms with Gasteiger partial charge in [-0.25, -0.2) is 4.98 Å². The fourth-order valence-electron chi connectivity index (χ4n) is 3.34. The maximum Gasteiger partial charge on any atom is 0.228 e. The molecule has 0 saturated heterocycles. The van der Waals surface area contributed by atoms with Crippen LogP contribution in [0.15, 0.2) is 41.0 Å². The number of halogens is 1. The summed E-state index contributed by atoms with van der Waals surface area (Å²) in [5.41, 5.74) is 1.34. The lowest BCUT2D eigenvalue weighted by Crippen LogP contribution is -2.24. The van der Waals surface area contributed by atoms with Gasteiger partial charge in [0.05, 0.1) is 7.11 Å². The first-order chi connectivity index (χ1) is 15.6. The Morgan fingerprint density at radius 2 is 2.13 bits per heavy atom. The molecule has 0 spiro atoms. The van der Waals surface area contributed by atoms with E-state index in [-0.39, 0.29) is 18.4 Å². The summed E-state index contributed by atoms with van der Waals surface area (Å²) in [5.74, 6) is 1.80. The second kappa shape index (κ2) is 8.55. The number of fused-ring (bicyclic) bond motifs is 1. The molecular weight excluding hydrogens is 446 g/mol. The van der Waals surface area contributed by atoms with E-state index in [0.717, 1.165) is 17.7 Å². The number of benzene rings is 1. The first-order valence-electron chi connectivity index (χ1n) is 11.2. The number of ether oxygens (including phenoxy) is 1. The van der Waals surface area contributed by atoms with Crippen molar-refractivity contribution >= 4 is 44.4 Å². The molecular formula is C22H24BrN5O2. The summed E-state index contributed by atoms with van der Waals surface area (Å²) in [7, 11) is 1.59. The van der Waals surface area contributed by atoms with Crippen LogP contribution < -0.4 is 15.0 Å².